The second-order valence-corrected chi connectivity index (χ2v) is 6.92. The van der Waals surface area contributed by atoms with Crippen molar-refractivity contribution in [2.24, 2.45) is 0 Å². The Bertz CT molecular complexity index is 1160. The first-order valence-corrected chi connectivity index (χ1v) is 9.30. The van der Waals surface area contributed by atoms with Crippen LogP contribution in [0.15, 0.2) is 55.0 Å². The van der Waals surface area contributed by atoms with Crippen molar-refractivity contribution in [3.05, 3.63) is 60.8 Å². The number of hydrogen-bond donors (Lipinski definition) is 1. The topological polar surface area (TPSA) is 72.3 Å². The SMILES string of the molecule is Nc1nc(-c2cccc(F)c2)c(-c2ccnc(N3CCCC3)c2)n2ccnc12. The van der Waals surface area contributed by atoms with E-state index in [1.807, 2.05) is 22.7 Å². The number of anilines is 2. The zero-order valence-electron chi connectivity index (χ0n) is 15.2. The molecule has 1 saturated heterocycles. The Hall–Kier alpha value is -3.48. The van der Waals surface area contributed by atoms with Gasteiger partial charge in [0.2, 0.25) is 0 Å². The highest BCUT2D eigenvalue weighted by molar-refractivity contribution is 5.83. The first-order valence-electron chi connectivity index (χ1n) is 9.30. The third-order valence-electron chi connectivity index (χ3n) is 5.11. The minimum absolute atomic E-state index is 0.307. The molecule has 3 aromatic heterocycles. The standard InChI is InChI=1S/C21H19FN6/c22-16-5-3-4-14(12-16)18-19(28-11-8-25-21(28)20(23)26-18)15-6-7-24-17(13-15)27-9-1-2-10-27/h3-8,11-13H,1-2,9-10H2,(H2,23,26). The largest absolute Gasteiger partial charge is 0.381 e. The molecule has 1 aromatic carbocycles. The van der Waals surface area contributed by atoms with Crippen LogP contribution in [0.3, 0.4) is 0 Å². The van der Waals surface area contributed by atoms with Crippen LogP contribution in [0.5, 0.6) is 0 Å². The molecule has 7 heteroatoms. The lowest BCUT2D eigenvalue weighted by molar-refractivity contribution is 0.628. The maximum absolute atomic E-state index is 13.9. The maximum atomic E-state index is 13.9. The van der Waals surface area contributed by atoms with Gasteiger partial charge in [-0.05, 0) is 37.1 Å². The summed E-state index contributed by atoms with van der Waals surface area (Å²) in [6.45, 7) is 2.02. The lowest BCUT2D eigenvalue weighted by Gasteiger charge is -2.18. The fraction of sp³-hybridized carbons (Fsp3) is 0.190. The normalized spacial score (nSPS) is 14.1. The van der Waals surface area contributed by atoms with Gasteiger partial charge in [-0.3, -0.25) is 4.40 Å². The van der Waals surface area contributed by atoms with Crippen molar-refractivity contribution in [3.8, 4) is 22.5 Å². The molecule has 0 aliphatic carbocycles. The number of halogens is 1. The molecule has 5 rings (SSSR count). The van der Waals surface area contributed by atoms with E-state index in [0.29, 0.717) is 22.7 Å². The van der Waals surface area contributed by atoms with E-state index in [1.54, 1.807) is 18.5 Å². The molecule has 140 valence electrons. The highest BCUT2D eigenvalue weighted by Gasteiger charge is 2.19. The number of benzene rings is 1. The van der Waals surface area contributed by atoms with E-state index < -0.39 is 0 Å². The molecule has 0 unspecified atom stereocenters. The summed E-state index contributed by atoms with van der Waals surface area (Å²) < 4.78 is 15.8. The summed E-state index contributed by atoms with van der Waals surface area (Å²) in [5.41, 5.74) is 9.75. The number of fused-ring (bicyclic) bond motifs is 1. The van der Waals surface area contributed by atoms with E-state index in [-0.39, 0.29) is 5.82 Å². The smallest absolute Gasteiger partial charge is 0.180 e. The van der Waals surface area contributed by atoms with Crippen molar-refractivity contribution >= 4 is 17.3 Å². The van der Waals surface area contributed by atoms with Gasteiger partial charge in [0.05, 0.1) is 11.4 Å². The van der Waals surface area contributed by atoms with Crippen LogP contribution in [0.1, 0.15) is 12.8 Å². The number of rotatable bonds is 3. The molecule has 28 heavy (non-hydrogen) atoms. The third kappa shape index (κ3) is 2.76. The van der Waals surface area contributed by atoms with Crippen LogP contribution in [0.2, 0.25) is 0 Å². The zero-order valence-corrected chi connectivity index (χ0v) is 15.2. The molecule has 0 spiro atoms. The van der Waals surface area contributed by atoms with Crippen molar-refractivity contribution in [2.45, 2.75) is 12.8 Å². The van der Waals surface area contributed by atoms with Crippen molar-refractivity contribution in [2.75, 3.05) is 23.7 Å². The molecule has 6 nitrogen and oxygen atoms in total. The van der Waals surface area contributed by atoms with Crippen LogP contribution in [0, 0.1) is 5.82 Å². The van der Waals surface area contributed by atoms with Gasteiger partial charge in [-0.2, -0.15) is 0 Å². The van der Waals surface area contributed by atoms with Gasteiger partial charge in [0, 0.05) is 42.8 Å². The van der Waals surface area contributed by atoms with Gasteiger partial charge < -0.3 is 10.6 Å². The molecule has 0 amide bonds. The third-order valence-corrected chi connectivity index (χ3v) is 5.11. The maximum Gasteiger partial charge on any atom is 0.180 e. The van der Waals surface area contributed by atoms with E-state index in [4.69, 9.17) is 5.73 Å². The molecule has 0 bridgehead atoms. The van der Waals surface area contributed by atoms with E-state index >= 15 is 0 Å². The zero-order chi connectivity index (χ0) is 19.1. The van der Waals surface area contributed by atoms with Gasteiger partial charge in [0.15, 0.2) is 11.5 Å². The molecule has 1 aliphatic rings. The molecule has 0 radical (unpaired) electrons. The summed E-state index contributed by atoms with van der Waals surface area (Å²) in [5, 5.41) is 0. The molecule has 0 saturated carbocycles. The Morgan fingerprint density at radius 1 is 0.964 bits per heavy atom. The predicted molar refractivity (Wildman–Crippen MR) is 107 cm³/mol. The second kappa shape index (κ2) is 6.60. The summed E-state index contributed by atoms with van der Waals surface area (Å²) in [6.07, 6.45) is 7.69. The Morgan fingerprint density at radius 3 is 2.64 bits per heavy atom. The van der Waals surface area contributed by atoms with Crippen LogP contribution in [0.4, 0.5) is 16.0 Å². The lowest BCUT2D eigenvalue weighted by Crippen LogP contribution is -2.18. The Balaban J connectivity index is 1.76. The average molecular weight is 374 g/mol. The van der Waals surface area contributed by atoms with Gasteiger partial charge in [-0.15, -0.1) is 0 Å². The minimum Gasteiger partial charge on any atom is -0.381 e. The van der Waals surface area contributed by atoms with Crippen LogP contribution >= 0.6 is 0 Å². The summed E-state index contributed by atoms with van der Waals surface area (Å²) in [4.78, 5) is 15.7. The Morgan fingerprint density at radius 2 is 1.82 bits per heavy atom. The van der Waals surface area contributed by atoms with E-state index in [1.165, 1.54) is 25.0 Å². The number of nitrogens with zero attached hydrogens (tertiary/aromatic N) is 5. The monoisotopic (exact) mass is 374 g/mol. The highest BCUT2D eigenvalue weighted by Crippen LogP contribution is 2.34. The molecular weight excluding hydrogens is 355 g/mol. The Kier molecular flexibility index (Phi) is 3.93. The summed E-state index contributed by atoms with van der Waals surface area (Å²) >= 11 is 0. The average Bonchev–Trinajstić information content (AvgIpc) is 3.40. The Labute approximate surface area is 161 Å². The number of nitrogens with two attached hydrogens (primary N) is 1. The lowest BCUT2D eigenvalue weighted by atomic mass is 10.0. The molecule has 4 heterocycles. The first kappa shape index (κ1) is 16.7. The van der Waals surface area contributed by atoms with Crippen molar-refractivity contribution in [3.63, 3.8) is 0 Å². The van der Waals surface area contributed by atoms with Crippen LogP contribution in [0.25, 0.3) is 28.2 Å². The first-order chi connectivity index (χ1) is 13.7. The van der Waals surface area contributed by atoms with Gasteiger partial charge in [-0.1, -0.05) is 12.1 Å². The second-order valence-electron chi connectivity index (χ2n) is 6.92. The van der Waals surface area contributed by atoms with Crippen molar-refractivity contribution < 1.29 is 4.39 Å². The van der Waals surface area contributed by atoms with Crippen LogP contribution in [-0.2, 0) is 0 Å². The predicted octanol–water partition coefficient (Wildman–Crippen LogP) is 3.78. The molecular formula is C21H19FN6. The van der Waals surface area contributed by atoms with Crippen molar-refractivity contribution in [1.29, 1.82) is 0 Å². The minimum atomic E-state index is -0.318. The summed E-state index contributed by atoms with van der Waals surface area (Å²) in [5.74, 6) is 0.925. The van der Waals surface area contributed by atoms with Crippen LogP contribution < -0.4 is 10.6 Å². The van der Waals surface area contributed by atoms with Gasteiger partial charge in [-0.25, -0.2) is 19.3 Å². The summed E-state index contributed by atoms with van der Waals surface area (Å²) in [6, 6.07) is 10.4. The van der Waals surface area contributed by atoms with Gasteiger partial charge in [0.25, 0.3) is 0 Å². The summed E-state index contributed by atoms with van der Waals surface area (Å²) in [7, 11) is 0. The van der Waals surface area contributed by atoms with Crippen molar-refractivity contribution in [1.82, 2.24) is 19.4 Å². The molecule has 1 aliphatic heterocycles. The van der Waals surface area contributed by atoms with Crippen LogP contribution in [-0.4, -0.2) is 32.4 Å². The molecule has 2 N–H and O–H groups in total. The number of nitrogen functional groups attached to an aromatic ring is 1. The van der Waals surface area contributed by atoms with E-state index in [0.717, 1.165) is 30.2 Å². The number of imidazole rings is 1. The van der Waals surface area contributed by atoms with E-state index in [2.05, 4.69) is 25.9 Å². The van der Waals surface area contributed by atoms with E-state index in [9.17, 15) is 4.39 Å². The number of aromatic nitrogens is 4. The molecule has 4 aromatic rings. The fourth-order valence-electron chi connectivity index (χ4n) is 3.81. The van der Waals surface area contributed by atoms with Gasteiger partial charge >= 0.3 is 0 Å². The number of pyridine rings is 1. The molecule has 1 fully saturated rings. The highest BCUT2D eigenvalue weighted by atomic mass is 19.1. The van der Waals surface area contributed by atoms with Gasteiger partial charge in [0.1, 0.15) is 11.6 Å². The fourth-order valence-corrected chi connectivity index (χ4v) is 3.81. The quantitative estimate of drug-likeness (QED) is 0.591. The number of hydrogen-bond acceptors (Lipinski definition) is 5. The molecule has 0 atom stereocenters.